The van der Waals surface area contributed by atoms with Crippen LogP contribution in [0.15, 0.2) is 24.3 Å². The first-order valence-corrected chi connectivity index (χ1v) is 6.95. The van der Waals surface area contributed by atoms with Crippen molar-refractivity contribution in [2.45, 2.75) is 32.2 Å². The zero-order valence-electron chi connectivity index (χ0n) is 11.0. The van der Waals surface area contributed by atoms with Crippen molar-refractivity contribution in [3.63, 3.8) is 0 Å². The second-order valence-corrected chi connectivity index (χ2v) is 5.62. The van der Waals surface area contributed by atoms with E-state index in [4.69, 9.17) is 11.6 Å². The van der Waals surface area contributed by atoms with E-state index in [0.29, 0.717) is 23.0 Å². The molecule has 1 aliphatic rings. The van der Waals surface area contributed by atoms with E-state index in [2.05, 4.69) is 18.9 Å². The Kier molecular flexibility index (Phi) is 4.41. The van der Waals surface area contributed by atoms with E-state index in [1.807, 2.05) is 12.1 Å². The highest BCUT2D eigenvalue weighted by atomic mass is 35.5. The number of halogens is 1. The largest absolute Gasteiger partial charge is 0.303 e. The van der Waals surface area contributed by atoms with Crippen LogP contribution in [-0.2, 0) is 0 Å². The predicted molar refractivity (Wildman–Crippen MR) is 75.2 cm³/mol. The van der Waals surface area contributed by atoms with Crippen LogP contribution in [0.25, 0.3) is 0 Å². The molecule has 1 aromatic rings. The van der Waals surface area contributed by atoms with Gasteiger partial charge in [0.25, 0.3) is 0 Å². The van der Waals surface area contributed by atoms with E-state index in [0.717, 1.165) is 12.5 Å². The molecule has 1 aromatic carbocycles. The summed E-state index contributed by atoms with van der Waals surface area (Å²) < 4.78 is 0. The van der Waals surface area contributed by atoms with Crippen molar-refractivity contribution in [1.29, 1.82) is 0 Å². The minimum absolute atomic E-state index is 0.135. The van der Waals surface area contributed by atoms with Crippen LogP contribution in [0.1, 0.15) is 36.5 Å². The minimum Gasteiger partial charge on any atom is -0.303 e. The summed E-state index contributed by atoms with van der Waals surface area (Å²) >= 11 is 6.02. The van der Waals surface area contributed by atoms with Gasteiger partial charge in [0.05, 0.1) is 5.02 Å². The van der Waals surface area contributed by atoms with Crippen LogP contribution in [0.4, 0.5) is 0 Å². The van der Waals surface area contributed by atoms with Crippen molar-refractivity contribution in [3.8, 4) is 0 Å². The third-order valence-electron chi connectivity index (χ3n) is 3.87. The monoisotopic (exact) mass is 265 g/mol. The zero-order valence-corrected chi connectivity index (χ0v) is 11.8. The first-order valence-electron chi connectivity index (χ1n) is 6.57. The number of hydrogen-bond donors (Lipinski definition) is 0. The van der Waals surface area contributed by atoms with Crippen LogP contribution in [0.3, 0.4) is 0 Å². The van der Waals surface area contributed by atoms with Crippen LogP contribution in [0.2, 0.25) is 5.02 Å². The minimum atomic E-state index is 0.135. The van der Waals surface area contributed by atoms with Gasteiger partial charge in [-0.3, -0.25) is 4.79 Å². The van der Waals surface area contributed by atoms with Crippen LogP contribution in [-0.4, -0.2) is 30.3 Å². The SMILES string of the molecule is CC(C1CC1)N(C)CCC(=O)c1ccccc1Cl. The lowest BCUT2D eigenvalue weighted by Gasteiger charge is -2.24. The summed E-state index contributed by atoms with van der Waals surface area (Å²) in [6.45, 7) is 3.05. The quantitative estimate of drug-likeness (QED) is 0.732. The van der Waals surface area contributed by atoms with Crippen molar-refractivity contribution in [2.75, 3.05) is 13.6 Å². The fourth-order valence-electron chi connectivity index (χ4n) is 2.24. The predicted octanol–water partition coefficient (Wildman–Crippen LogP) is 3.64. The number of nitrogens with zero attached hydrogens (tertiary/aromatic N) is 1. The number of Topliss-reactive ketones (excluding diaryl/α,β-unsaturated/α-hetero) is 1. The maximum atomic E-state index is 12.1. The van der Waals surface area contributed by atoms with E-state index < -0.39 is 0 Å². The van der Waals surface area contributed by atoms with Crippen LogP contribution < -0.4 is 0 Å². The fourth-order valence-corrected chi connectivity index (χ4v) is 2.48. The number of carbonyl (C=O) groups is 1. The lowest BCUT2D eigenvalue weighted by Crippen LogP contribution is -2.32. The first kappa shape index (κ1) is 13.6. The molecule has 0 aliphatic heterocycles. The Morgan fingerprint density at radius 3 is 2.72 bits per heavy atom. The van der Waals surface area contributed by atoms with Gasteiger partial charge in [0, 0.05) is 24.6 Å². The summed E-state index contributed by atoms with van der Waals surface area (Å²) in [4.78, 5) is 14.4. The van der Waals surface area contributed by atoms with E-state index in [1.165, 1.54) is 12.8 Å². The van der Waals surface area contributed by atoms with Gasteiger partial charge in [-0.1, -0.05) is 23.7 Å². The molecule has 1 saturated carbocycles. The summed E-state index contributed by atoms with van der Waals surface area (Å²) in [5, 5.41) is 0.556. The van der Waals surface area contributed by atoms with Crippen molar-refractivity contribution >= 4 is 17.4 Å². The molecule has 0 radical (unpaired) electrons. The molecule has 0 heterocycles. The number of hydrogen-bond acceptors (Lipinski definition) is 2. The Hall–Kier alpha value is -0.860. The maximum Gasteiger partial charge on any atom is 0.165 e. The molecule has 1 aliphatic carbocycles. The molecule has 0 amide bonds. The van der Waals surface area contributed by atoms with Gasteiger partial charge >= 0.3 is 0 Å². The van der Waals surface area contributed by atoms with E-state index >= 15 is 0 Å². The molecule has 0 bridgehead atoms. The molecule has 98 valence electrons. The summed E-state index contributed by atoms with van der Waals surface area (Å²) in [6.07, 6.45) is 3.21. The number of carbonyl (C=O) groups excluding carboxylic acids is 1. The second-order valence-electron chi connectivity index (χ2n) is 5.21. The van der Waals surface area contributed by atoms with Gasteiger partial charge in [-0.15, -0.1) is 0 Å². The van der Waals surface area contributed by atoms with Crippen molar-refractivity contribution in [3.05, 3.63) is 34.9 Å². The van der Waals surface area contributed by atoms with E-state index in [-0.39, 0.29) is 5.78 Å². The third-order valence-corrected chi connectivity index (χ3v) is 4.19. The molecule has 0 N–H and O–H groups in total. The number of ketones is 1. The molecular formula is C15H20ClNO. The summed E-state index contributed by atoms with van der Waals surface area (Å²) in [6, 6.07) is 7.86. The van der Waals surface area contributed by atoms with Gasteiger partial charge < -0.3 is 4.90 Å². The van der Waals surface area contributed by atoms with Gasteiger partial charge in [0.2, 0.25) is 0 Å². The first-order chi connectivity index (χ1) is 8.59. The van der Waals surface area contributed by atoms with Crippen LogP contribution >= 0.6 is 11.6 Å². The smallest absolute Gasteiger partial charge is 0.165 e. The van der Waals surface area contributed by atoms with E-state index in [9.17, 15) is 4.79 Å². The van der Waals surface area contributed by atoms with Crippen molar-refractivity contribution in [2.24, 2.45) is 5.92 Å². The molecule has 0 spiro atoms. The Morgan fingerprint density at radius 2 is 2.11 bits per heavy atom. The average Bonchev–Trinajstić information content (AvgIpc) is 3.19. The highest BCUT2D eigenvalue weighted by Gasteiger charge is 2.30. The topological polar surface area (TPSA) is 20.3 Å². The number of benzene rings is 1. The molecule has 0 aromatic heterocycles. The Morgan fingerprint density at radius 1 is 1.44 bits per heavy atom. The Labute approximate surface area is 114 Å². The van der Waals surface area contributed by atoms with Gasteiger partial charge in [0.15, 0.2) is 5.78 Å². The second kappa shape index (κ2) is 5.85. The van der Waals surface area contributed by atoms with Crippen LogP contribution in [0, 0.1) is 5.92 Å². The lowest BCUT2D eigenvalue weighted by atomic mass is 10.1. The van der Waals surface area contributed by atoms with E-state index in [1.54, 1.807) is 12.1 Å². The Balaban J connectivity index is 1.86. The maximum absolute atomic E-state index is 12.1. The van der Waals surface area contributed by atoms with Gasteiger partial charge in [-0.25, -0.2) is 0 Å². The Bertz CT molecular complexity index is 428. The van der Waals surface area contributed by atoms with Gasteiger partial charge in [0.1, 0.15) is 0 Å². The van der Waals surface area contributed by atoms with Gasteiger partial charge in [-0.05, 0) is 44.9 Å². The molecule has 3 heteroatoms. The molecule has 1 unspecified atom stereocenters. The van der Waals surface area contributed by atoms with Crippen molar-refractivity contribution in [1.82, 2.24) is 4.90 Å². The zero-order chi connectivity index (χ0) is 13.1. The summed E-state index contributed by atoms with van der Waals surface area (Å²) in [5.74, 6) is 0.973. The standard InChI is InChI=1S/C15H20ClNO/c1-11(12-7-8-12)17(2)10-9-15(18)13-5-3-4-6-14(13)16/h3-6,11-12H,7-10H2,1-2H3. The normalized spacial score (nSPS) is 16.9. The average molecular weight is 266 g/mol. The molecule has 2 rings (SSSR count). The third kappa shape index (κ3) is 3.33. The number of rotatable bonds is 6. The highest BCUT2D eigenvalue weighted by molar-refractivity contribution is 6.33. The lowest BCUT2D eigenvalue weighted by molar-refractivity contribution is 0.0959. The molecule has 18 heavy (non-hydrogen) atoms. The van der Waals surface area contributed by atoms with Crippen molar-refractivity contribution < 1.29 is 4.79 Å². The summed E-state index contributed by atoms with van der Waals surface area (Å²) in [5.41, 5.74) is 0.645. The molecule has 0 saturated heterocycles. The molecule has 1 atom stereocenters. The molecular weight excluding hydrogens is 246 g/mol. The fraction of sp³-hybridized carbons (Fsp3) is 0.533. The molecule has 1 fully saturated rings. The van der Waals surface area contributed by atoms with Gasteiger partial charge in [-0.2, -0.15) is 0 Å². The van der Waals surface area contributed by atoms with Crippen LogP contribution in [0.5, 0.6) is 0 Å². The highest BCUT2D eigenvalue weighted by Crippen LogP contribution is 2.34. The summed E-state index contributed by atoms with van der Waals surface area (Å²) in [7, 11) is 2.10. The molecule has 2 nitrogen and oxygen atoms in total.